The number of methoxy groups -OCH3 is 2. The van der Waals surface area contributed by atoms with E-state index in [1.807, 2.05) is 65.3 Å². The number of benzene rings is 2. The zero-order valence-electron chi connectivity index (χ0n) is 61.0. The summed E-state index contributed by atoms with van der Waals surface area (Å²) in [5.41, 5.74) is -2.63. The zero-order chi connectivity index (χ0) is 74.8. The van der Waals surface area contributed by atoms with Gasteiger partial charge in [-0.2, -0.15) is 16.8 Å². The Bertz CT molecular complexity index is 4160. The number of amides is 4. The Hall–Kier alpha value is -7.82. The van der Waals surface area contributed by atoms with E-state index >= 15 is 0 Å². The average molecular weight is 1480 g/mol. The second-order valence-corrected chi connectivity index (χ2v) is 34.3. The molecule has 6 saturated carbocycles. The highest BCUT2D eigenvalue weighted by Gasteiger charge is 2.63. The van der Waals surface area contributed by atoms with Crippen LogP contribution in [0.2, 0.25) is 0 Å². The van der Waals surface area contributed by atoms with Gasteiger partial charge in [0.1, 0.15) is 47.4 Å². The van der Waals surface area contributed by atoms with Gasteiger partial charge in [0.25, 0.3) is 0 Å². The molecule has 566 valence electrons. The number of nitrogens with zero attached hydrogens (tertiary/aromatic N) is 4. The van der Waals surface area contributed by atoms with Crippen molar-refractivity contribution in [2.24, 2.45) is 45.3 Å². The molecule has 2 aliphatic heterocycles. The standard InChI is InChI=1S/C38H51N3O10S.C38H49N3O10S/c2*1-6-23-20-38(23,36(45)40-52(46,47)51-25-11-12-25)21-32(42)31-18-27(49-33-15-16-39-30-17-26(48-5)13-14-28(30)33)22-41(31)35(44)29(37(2,3)4)19-34(43)50-24-9-7-8-10-24/h13-17,23-25,27,29,31H,6-12,18-22H2,1-5H3,(H,40,45);6,13-17,23-25,27,29,31H,1,7-12,18-22H2,2-5H3,(H,40,45)/t2*23-,27-,29-,31+,38-/m11/s1. The summed E-state index contributed by atoms with van der Waals surface area (Å²) in [6.45, 7) is 17.1. The van der Waals surface area contributed by atoms with Crippen LogP contribution in [0.3, 0.4) is 0 Å². The molecule has 2 aromatic carbocycles. The molecule has 0 bridgehead atoms. The van der Waals surface area contributed by atoms with Gasteiger partial charge < -0.3 is 38.2 Å². The monoisotopic (exact) mass is 1480 g/mol. The van der Waals surface area contributed by atoms with Crippen LogP contribution in [-0.4, -0.2) is 160 Å². The fourth-order valence-corrected chi connectivity index (χ4v) is 17.4. The molecule has 10 atom stereocenters. The number of fused-ring (bicyclic) bond motifs is 2. The first-order valence-corrected chi connectivity index (χ1v) is 39.4. The van der Waals surface area contributed by atoms with E-state index in [-0.39, 0.29) is 93.8 Å². The van der Waals surface area contributed by atoms with Crippen molar-refractivity contribution in [1.29, 1.82) is 0 Å². The van der Waals surface area contributed by atoms with Crippen molar-refractivity contribution in [2.75, 3.05) is 27.3 Å². The lowest BCUT2D eigenvalue weighted by atomic mass is 9.77. The maximum absolute atomic E-state index is 14.6. The lowest BCUT2D eigenvalue weighted by Crippen LogP contribution is -2.48. The van der Waals surface area contributed by atoms with Gasteiger partial charge in [-0.1, -0.05) is 61.0 Å². The van der Waals surface area contributed by atoms with Crippen LogP contribution in [0.15, 0.2) is 73.6 Å². The molecular weight excluding hydrogens is 1380 g/mol. The van der Waals surface area contributed by atoms with Crippen molar-refractivity contribution in [1.82, 2.24) is 29.2 Å². The van der Waals surface area contributed by atoms with Gasteiger partial charge in [0, 0.05) is 61.0 Å². The predicted octanol–water partition coefficient (Wildman–Crippen LogP) is 9.87. The van der Waals surface area contributed by atoms with Crippen LogP contribution in [0, 0.1) is 45.3 Å². The normalized spacial score (nSPS) is 25.4. The molecule has 6 aliphatic carbocycles. The second kappa shape index (κ2) is 31.3. The number of allylic oxidation sites excluding steroid dienone is 1. The molecule has 26 nitrogen and oxygen atoms in total. The van der Waals surface area contributed by atoms with E-state index < -0.39 is 126 Å². The van der Waals surface area contributed by atoms with E-state index in [0.717, 1.165) is 62.1 Å². The van der Waals surface area contributed by atoms with Crippen molar-refractivity contribution in [3.05, 3.63) is 73.6 Å². The Morgan fingerprint density at radius 2 is 0.971 bits per heavy atom. The van der Waals surface area contributed by atoms with E-state index in [4.69, 9.17) is 36.8 Å². The van der Waals surface area contributed by atoms with Gasteiger partial charge in [0.05, 0.1) is 98.1 Å². The van der Waals surface area contributed by atoms with E-state index in [0.29, 0.717) is 72.6 Å². The molecule has 0 unspecified atom stereocenters. The van der Waals surface area contributed by atoms with Crippen LogP contribution < -0.4 is 28.4 Å². The van der Waals surface area contributed by atoms with Gasteiger partial charge in [-0.15, -0.1) is 6.58 Å². The number of hydrogen-bond donors (Lipinski definition) is 2. The molecule has 8 aliphatic rings. The lowest BCUT2D eigenvalue weighted by Gasteiger charge is -2.35. The quantitative estimate of drug-likeness (QED) is 0.0362. The van der Waals surface area contributed by atoms with Gasteiger partial charge in [-0.25, -0.2) is 9.44 Å². The largest absolute Gasteiger partial charge is 0.497 e. The molecular formula is C76H100N6O20S2. The highest BCUT2D eigenvalue weighted by molar-refractivity contribution is 7.85. The van der Waals surface area contributed by atoms with Gasteiger partial charge >= 0.3 is 32.5 Å². The van der Waals surface area contributed by atoms with E-state index in [1.54, 1.807) is 69.1 Å². The number of carbonyl (C=O) groups excluding carboxylic acids is 8. The number of nitrogens with one attached hydrogen (secondary N) is 2. The summed E-state index contributed by atoms with van der Waals surface area (Å²) in [5, 5.41) is 1.45. The van der Waals surface area contributed by atoms with Crippen LogP contribution in [0.25, 0.3) is 21.8 Å². The lowest BCUT2D eigenvalue weighted by molar-refractivity contribution is -0.156. The number of esters is 2. The minimum absolute atomic E-state index is 0.0488. The number of likely N-dealkylation sites (tertiary alicyclic amines) is 2. The van der Waals surface area contributed by atoms with Crippen LogP contribution in [0.5, 0.6) is 23.0 Å². The second-order valence-electron chi connectivity index (χ2n) is 31.7. The molecule has 4 heterocycles. The Kier molecular flexibility index (Phi) is 23.3. The summed E-state index contributed by atoms with van der Waals surface area (Å²) in [5.74, 6) is -4.00. The molecule has 0 radical (unpaired) electrons. The van der Waals surface area contributed by atoms with E-state index in [9.17, 15) is 55.2 Å². The number of carbonyl (C=O) groups is 8. The van der Waals surface area contributed by atoms with Crippen molar-refractivity contribution in [2.45, 2.75) is 232 Å². The summed E-state index contributed by atoms with van der Waals surface area (Å²) in [7, 11) is -5.57. The molecule has 4 aromatic rings. The Morgan fingerprint density at radius 1 is 0.567 bits per heavy atom. The van der Waals surface area contributed by atoms with Gasteiger partial charge in [-0.05, 0) is 149 Å². The number of hydrogen-bond acceptors (Lipinski definition) is 22. The minimum atomic E-state index is -4.37. The molecule has 2 saturated heterocycles. The molecule has 2 N–H and O–H groups in total. The van der Waals surface area contributed by atoms with Crippen molar-refractivity contribution >= 4 is 89.5 Å². The van der Waals surface area contributed by atoms with Gasteiger partial charge in [0.15, 0.2) is 11.6 Å². The Morgan fingerprint density at radius 3 is 1.33 bits per heavy atom. The molecule has 28 heteroatoms. The summed E-state index contributed by atoms with van der Waals surface area (Å²) >= 11 is 0. The van der Waals surface area contributed by atoms with Crippen molar-refractivity contribution in [3.8, 4) is 23.0 Å². The maximum atomic E-state index is 14.6. The maximum Gasteiger partial charge on any atom is 0.362 e. The third-order valence-corrected chi connectivity index (χ3v) is 23.8. The summed E-state index contributed by atoms with van der Waals surface area (Å²) in [4.78, 5) is 123. The molecule has 4 amide bonds. The third-order valence-electron chi connectivity index (χ3n) is 21.9. The summed E-state index contributed by atoms with van der Waals surface area (Å²) in [6, 6.07) is 12.3. The topological polar surface area (TPSA) is 335 Å². The number of aromatic nitrogens is 2. The van der Waals surface area contributed by atoms with Crippen molar-refractivity contribution < 1.29 is 92.0 Å². The van der Waals surface area contributed by atoms with Crippen LogP contribution >= 0.6 is 0 Å². The van der Waals surface area contributed by atoms with Crippen LogP contribution in [0.4, 0.5) is 0 Å². The molecule has 0 spiro atoms. The first kappa shape index (κ1) is 77.3. The summed E-state index contributed by atoms with van der Waals surface area (Å²) in [6.07, 6.45) is 12.4. The molecule has 2 aromatic heterocycles. The number of Topliss-reactive ketones (excluding diaryl/α,β-unsaturated/α-hetero) is 2. The SMILES string of the molecule is C=C[C@@H]1C[C@]1(CC(=O)[C@@H]1C[C@@H](Oc2ccnc3cc(OC)ccc23)CN1C(=O)[C@@H](CC(=O)OC1CCCC1)C(C)(C)C)C(=O)NS(=O)(=O)OC1CC1.CC[C@@H]1C[C@]1(CC(=O)[C@@H]1C[C@@H](Oc2ccnc3cc(OC)ccc23)CN1C(=O)[C@@H](CC(=O)OC1CCCC1)C(C)(C)C)C(=O)NS(=O)(=O)OC1CC1. The fraction of sp³-hybridized carbons (Fsp3) is 0.632. The van der Waals surface area contributed by atoms with Crippen molar-refractivity contribution in [3.63, 3.8) is 0 Å². The molecule has 104 heavy (non-hydrogen) atoms. The Labute approximate surface area is 608 Å². The smallest absolute Gasteiger partial charge is 0.362 e. The highest BCUT2D eigenvalue weighted by atomic mass is 32.2. The number of ether oxygens (including phenoxy) is 6. The van der Waals surface area contributed by atoms with Crippen LogP contribution in [-0.2, 0) is 76.8 Å². The first-order chi connectivity index (χ1) is 49.2. The third kappa shape index (κ3) is 18.5. The van der Waals surface area contributed by atoms with E-state index in [2.05, 4.69) is 21.3 Å². The number of rotatable bonds is 30. The average Bonchev–Trinajstić information content (AvgIpc) is 1.58. The van der Waals surface area contributed by atoms with Gasteiger partial charge in [-0.3, -0.25) is 56.7 Å². The number of ketones is 2. The minimum Gasteiger partial charge on any atom is -0.497 e. The molecule has 8 fully saturated rings. The van der Waals surface area contributed by atoms with Gasteiger partial charge in [0.2, 0.25) is 23.6 Å². The molecule has 12 rings (SSSR count). The highest BCUT2D eigenvalue weighted by Crippen LogP contribution is 2.59. The Balaban J connectivity index is 0.000000208. The van der Waals surface area contributed by atoms with Crippen LogP contribution in [0.1, 0.15) is 183 Å². The zero-order valence-corrected chi connectivity index (χ0v) is 62.7. The fourth-order valence-electron chi connectivity index (χ4n) is 15.3. The summed E-state index contributed by atoms with van der Waals surface area (Å²) < 4.78 is 99.7. The predicted molar refractivity (Wildman–Crippen MR) is 381 cm³/mol. The number of pyridine rings is 2. The first-order valence-electron chi connectivity index (χ1n) is 36.6. The van der Waals surface area contributed by atoms with E-state index in [1.165, 1.54) is 9.80 Å².